The van der Waals surface area contributed by atoms with E-state index in [1.165, 1.54) is 43.8 Å². The van der Waals surface area contributed by atoms with E-state index < -0.39 is 0 Å². The van der Waals surface area contributed by atoms with Crippen molar-refractivity contribution in [3.63, 3.8) is 0 Å². The maximum Gasteiger partial charge on any atom is 0.0384 e. The van der Waals surface area contributed by atoms with Gasteiger partial charge in [0.25, 0.3) is 0 Å². The first kappa shape index (κ1) is 23.8. The number of rotatable bonds is 6. The summed E-state index contributed by atoms with van der Waals surface area (Å²) in [5.74, 6) is 0. The Morgan fingerprint density at radius 1 is 0.250 bits per heavy atom. The third-order valence-electron chi connectivity index (χ3n) is 7.41. The second kappa shape index (κ2) is 10.4. The van der Waals surface area contributed by atoms with Gasteiger partial charge in [-0.1, -0.05) is 109 Å². The number of nitrogens with one attached hydrogen (secondary N) is 2. The predicted molar refractivity (Wildman–Crippen MR) is 172 cm³/mol. The van der Waals surface area contributed by atoms with Crippen LogP contribution >= 0.6 is 0 Å². The van der Waals surface area contributed by atoms with Crippen LogP contribution in [0, 0.1) is 0 Å². The Bertz CT molecular complexity index is 1760. The minimum Gasteiger partial charge on any atom is -0.356 e. The van der Waals surface area contributed by atoms with Crippen molar-refractivity contribution in [1.29, 1.82) is 0 Å². The fourth-order valence-electron chi connectivity index (χ4n) is 5.56. The summed E-state index contributed by atoms with van der Waals surface area (Å²) >= 11 is 0. The molecule has 0 aliphatic carbocycles. The first-order valence-corrected chi connectivity index (χ1v) is 13.6. The van der Waals surface area contributed by atoms with Crippen LogP contribution in [0.4, 0.5) is 22.7 Å². The number of para-hydroxylation sites is 2. The smallest absolute Gasteiger partial charge is 0.0384 e. The number of hydrogen-bond donors (Lipinski definition) is 2. The Balaban J connectivity index is 1.38. The van der Waals surface area contributed by atoms with E-state index in [0.29, 0.717) is 0 Å². The summed E-state index contributed by atoms with van der Waals surface area (Å²) in [5.41, 5.74) is 9.20. The normalized spacial score (nSPS) is 11.0. The lowest BCUT2D eigenvalue weighted by Gasteiger charge is -2.19. The first-order valence-electron chi connectivity index (χ1n) is 13.6. The summed E-state index contributed by atoms with van der Waals surface area (Å²) in [6.07, 6.45) is 0. The maximum absolute atomic E-state index is 3.51. The standard InChI is InChI=1S/C38H28N2/c1-3-11-29(12-4-1)39-31-23-19-27(20-24-31)37-35-17-9-7-15-33(35)34-16-8-10-18-36(34)38(37)28-21-25-32(26-22-28)40-30-13-5-2-6-14-30/h1-26,39-40H. The van der Waals surface area contributed by atoms with Gasteiger partial charge in [-0.25, -0.2) is 0 Å². The highest BCUT2D eigenvalue weighted by Gasteiger charge is 2.17. The molecule has 0 heterocycles. The molecule has 0 spiro atoms. The summed E-state index contributed by atoms with van der Waals surface area (Å²) in [7, 11) is 0. The molecule has 2 nitrogen and oxygen atoms in total. The van der Waals surface area contributed by atoms with Gasteiger partial charge in [-0.15, -0.1) is 0 Å². The Labute approximate surface area is 234 Å². The van der Waals surface area contributed by atoms with Crippen LogP contribution in [0.2, 0.25) is 0 Å². The number of fused-ring (bicyclic) bond motifs is 3. The Hall–Kier alpha value is -5.34. The van der Waals surface area contributed by atoms with Gasteiger partial charge in [0.15, 0.2) is 0 Å². The lowest BCUT2D eigenvalue weighted by Crippen LogP contribution is -1.94. The molecule has 0 amide bonds. The lowest BCUT2D eigenvalue weighted by molar-refractivity contribution is 1.54. The van der Waals surface area contributed by atoms with E-state index in [-0.39, 0.29) is 0 Å². The van der Waals surface area contributed by atoms with E-state index in [2.05, 4.69) is 132 Å². The van der Waals surface area contributed by atoms with E-state index in [9.17, 15) is 0 Å². The zero-order chi connectivity index (χ0) is 26.7. The first-order chi connectivity index (χ1) is 19.8. The molecule has 0 saturated carbocycles. The SMILES string of the molecule is c1ccc(Nc2ccc(-c3c(-c4ccc(Nc5ccccc5)cc4)c4ccccc4c4ccccc34)cc2)cc1. The molecule has 7 aromatic rings. The van der Waals surface area contributed by atoms with E-state index in [4.69, 9.17) is 0 Å². The van der Waals surface area contributed by atoms with Gasteiger partial charge in [-0.2, -0.15) is 0 Å². The fraction of sp³-hybridized carbons (Fsp3) is 0. The molecule has 0 aliphatic rings. The molecule has 0 saturated heterocycles. The van der Waals surface area contributed by atoms with Crippen LogP contribution in [0.1, 0.15) is 0 Å². The molecule has 0 atom stereocenters. The van der Waals surface area contributed by atoms with Crippen molar-refractivity contribution < 1.29 is 0 Å². The van der Waals surface area contributed by atoms with Gasteiger partial charge in [0.1, 0.15) is 0 Å². The van der Waals surface area contributed by atoms with Gasteiger partial charge in [-0.3, -0.25) is 0 Å². The second-order valence-electron chi connectivity index (χ2n) is 9.98. The molecule has 190 valence electrons. The molecule has 40 heavy (non-hydrogen) atoms. The molecule has 0 bridgehead atoms. The molecular weight excluding hydrogens is 484 g/mol. The largest absolute Gasteiger partial charge is 0.356 e. The molecule has 0 aromatic heterocycles. The Morgan fingerprint density at radius 3 is 0.925 bits per heavy atom. The van der Waals surface area contributed by atoms with Crippen LogP contribution in [0.5, 0.6) is 0 Å². The maximum atomic E-state index is 3.51. The second-order valence-corrected chi connectivity index (χ2v) is 9.98. The number of anilines is 4. The van der Waals surface area contributed by atoms with Gasteiger partial charge in [0.05, 0.1) is 0 Å². The average molecular weight is 513 g/mol. The van der Waals surface area contributed by atoms with E-state index in [0.717, 1.165) is 22.7 Å². The Morgan fingerprint density at radius 2 is 0.550 bits per heavy atom. The molecule has 0 aliphatic heterocycles. The molecule has 0 fully saturated rings. The summed E-state index contributed by atoms with van der Waals surface area (Å²) < 4.78 is 0. The van der Waals surface area contributed by atoms with Crippen molar-refractivity contribution in [3.05, 3.63) is 158 Å². The minimum atomic E-state index is 1.07. The van der Waals surface area contributed by atoms with Crippen molar-refractivity contribution in [2.24, 2.45) is 0 Å². The number of hydrogen-bond acceptors (Lipinski definition) is 2. The lowest BCUT2D eigenvalue weighted by atomic mass is 9.85. The van der Waals surface area contributed by atoms with Gasteiger partial charge in [-0.05, 0) is 92.3 Å². The van der Waals surface area contributed by atoms with Crippen molar-refractivity contribution in [2.45, 2.75) is 0 Å². The minimum absolute atomic E-state index is 1.07. The molecule has 2 N–H and O–H groups in total. The average Bonchev–Trinajstić information content (AvgIpc) is 3.02. The fourth-order valence-corrected chi connectivity index (χ4v) is 5.56. The molecule has 0 unspecified atom stereocenters. The van der Waals surface area contributed by atoms with E-state index in [1.54, 1.807) is 0 Å². The summed E-state index contributed by atoms with van der Waals surface area (Å²) in [6.45, 7) is 0. The monoisotopic (exact) mass is 512 g/mol. The van der Waals surface area contributed by atoms with Gasteiger partial charge >= 0.3 is 0 Å². The van der Waals surface area contributed by atoms with Crippen molar-refractivity contribution >= 4 is 44.3 Å². The van der Waals surface area contributed by atoms with Gasteiger partial charge in [0.2, 0.25) is 0 Å². The van der Waals surface area contributed by atoms with E-state index in [1.807, 2.05) is 36.4 Å². The third kappa shape index (κ3) is 4.57. The van der Waals surface area contributed by atoms with Crippen LogP contribution < -0.4 is 10.6 Å². The van der Waals surface area contributed by atoms with Crippen molar-refractivity contribution in [1.82, 2.24) is 0 Å². The van der Waals surface area contributed by atoms with E-state index >= 15 is 0 Å². The highest BCUT2D eigenvalue weighted by molar-refractivity contribution is 6.21. The quantitative estimate of drug-likeness (QED) is 0.217. The van der Waals surface area contributed by atoms with Crippen LogP contribution in [0.25, 0.3) is 43.8 Å². The number of benzene rings is 7. The van der Waals surface area contributed by atoms with Gasteiger partial charge < -0.3 is 10.6 Å². The van der Waals surface area contributed by atoms with Crippen molar-refractivity contribution in [3.8, 4) is 22.3 Å². The highest BCUT2D eigenvalue weighted by Crippen LogP contribution is 2.44. The zero-order valence-electron chi connectivity index (χ0n) is 22.0. The van der Waals surface area contributed by atoms with Crippen LogP contribution in [-0.4, -0.2) is 0 Å². The van der Waals surface area contributed by atoms with Crippen LogP contribution in [0.3, 0.4) is 0 Å². The molecular formula is C38H28N2. The predicted octanol–water partition coefficient (Wildman–Crippen LogP) is 10.8. The van der Waals surface area contributed by atoms with Crippen LogP contribution in [0.15, 0.2) is 158 Å². The topological polar surface area (TPSA) is 24.1 Å². The molecule has 7 aromatic carbocycles. The summed E-state index contributed by atoms with van der Waals surface area (Å²) in [5, 5.41) is 12.1. The zero-order valence-corrected chi connectivity index (χ0v) is 22.0. The molecule has 7 rings (SSSR count). The Kier molecular flexibility index (Phi) is 6.20. The molecule has 0 radical (unpaired) electrons. The van der Waals surface area contributed by atoms with Crippen molar-refractivity contribution in [2.75, 3.05) is 10.6 Å². The van der Waals surface area contributed by atoms with Gasteiger partial charge in [0, 0.05) is 22.7 Å². The van der Waals surface area contributed by atoms with Crippen LogP contribution in [-0.2, 0) is 0 Å². The summed E-state index contributed by atoms with van der Waals surface area (Å²) in [6, 6.07) is 55.7. The molecule has 2 heteroatoms. The summed E-state index contributed by atoms with van der Waals surface area (Å²) in [4.78, 5) is 0. The third-order valence-corrected chi connectivity index (χ3v) is 7.41. The highest BCUT2D eigenvalue weighted by atomic mass is 14.9.